The van der Waals surface area contributed by atoms with Crippen molar-refractivity contribution in [3.63, 3.8) is 0 Å². The molecule has 1 aliphatic heterocycles. The third-order valence-electron chi connectivity index (χ3n) is 3.42. The van der Waals surface area contributed by atoms with E-state index in [4.69, 9.17) is 4.74 Å². The molecule has 1 fully saturated rings. The van der Waals surface area contributed by atoms with Crippen LogP contribution in [0.3, 0.4) is 0 Å². The number of rotatable bonds is 4. The summed E-state index contributed by atoms with van der Waals surface area (Å²) < 4.78 is 5.10. The number of ether oxygens (including phenoxy) is 1. The zero-order chi connectivity index (χ0) is 12.1. The van der Waals surface area contributed by atoms with Crippen molar-refractivity contribution in [3.05, 3.63) is 29.8 Å². The predicted octanol–water partition coefficient (Wildman–Crippen LogP) is 2.26. The molecule has 2 atom stereocenters. The van der Waals surface area contributed by atoms with Gasteiger partial charge >= 0.3 is 0 Å². The Morgan fingerprint density at radius 2 is 2.12 bits per heavy atom. The molecule has 0 spiro atoms. The van der Waals surface area contributed by atoms with Gasteiger partial charge in [0.2, 0.25) is 0 Å². The van der Waals surface area contributed by atoms with E-state index in [0.717, 1.165) is 24.3 Å². The summed E-state index contributed by atoms with van der Waals surface area (Å²) in [6.07, 6.45) is 4.12. The van der Waals surface area contributed by atoms with Gasteiger partial charge in [-0.25, -0.2) is 0 Å². The highest BCUT2D eigenvalue weighted by atomic mass is 16.5. The molecule has 3 heteroatoms. The van der Waals surface area contributed by atoms with Crippen LogP contribution >= 0.6 is 0 Å². The maximum atomic E-state index is 10.2. The summed E-state index contributed by atoms with van der Waals surface area (Å²) in [5.74, 6) is 0.830. The highest BCUT2D eigenvalue weighted by Crippen LogP contribution is 2.23. The third-order valence-corrected chi connectivity index (χ3v) is 3.42. The quantitative estimate of drug-likeness (QED) is 0.841. The van der Waals surface area contributed by atoms with Crippen LogP contribution in [-0.2, 0) is 0 Å². The molecule has 1 aliphatic rings. The molecule has 2 rings (SSSR count). The summed E-state index contributed by atoms with van der Waals surface area (Å²) in [6.45, 7) is 1.08. The van der Waals surface area contributed by atoms with Gasteiger partial charge in [0.1, 0.15) is 5.75 Å². The van der Waals surface area contributed by atoms with E-state index >= 15 is 0 Å². The highest BCUT2D eigenvalue weighted by Gasteiger charge is 2.17. The molecule has 1 aromatic rings. The Hall–Kier alpha value is -1.06. The molecule has 94 valence electrons. The van der Waals surface area contributed by atoms with Crippen molar-refractivity contribution in [3.8, 4) is 5.75 Å². The van der Waals surface area contributed by atoms with Crippen LogP contribution in [0.2, 0.25) is 0 Å². The minimum absolute atomic E-state index is 0.378. The molecule has 2 N–H and O–H groups in total. The number of methoxy groups -OCH3 is 1. The topological polar surface area (TPSA) is 41.5 Å². The van der Waals surface area contributed by atoms with Crippen molar-refractivity contribution >= 4 is 0 Å². The van der Waals surface area contributed by atoms with E-state index in [0.29, 0.717) is 6.04 Å². The molecular weight excluding hydrogens is 214 g/mol. The monoisotopic (exact) mass is 235 g/mol. The van der Waals surface area contributed by atoms with Crippen molar-refractivity contribution in [2.45, 2.75) is 37.8 Å². The molecule has 2 unspecified atom stereocenters. The van der Waals surface area contributed by atoms with E-state index in [1.54, 1.807) is 7.11 Å². The van der Waals surface area contributed by atoms with Crippen LogP contribution in [0, 0.1) is 0 Å². The third kappa shape index (κ3) is 3.45. The molecule has 0 radical (unpaired) electrons. The number of hydrogen-bond donors (Lipinski definition) is 2. The number of piperidine rings is 1. The van der Waals surface area contributed by atoms with Crippen LogP contribution < -0.4 is 10.1 Å². The normalized spacial score (nSPS) is 22.1. The number of aliphatic hydroxyl groups excluding tert-OH is 1. The fourth-order valence-corrected chi connectivity index (χ4v) is 2.36. The molecule has 1 heterocycles. The van der Waals surface area contributed by atoms with Gasteiger partial charge in [0.25, 0.3) is 0 Å². The molecule has 1 saturated heterocycles. The first-order valence-corrected chi connectivity index (χ1v) is 6.35. The van der Waals surface area contributed by atoms with Gasteiger partial charge in [-0.05, 0) is 43.5 Å². The van der Waals surface area contributed by atoms with Crippen molar-refractivity contribution in [1.29, 1.82) is 0 Å². The lowest BCUT2D eigenvalue weighted by Crippen LogP contribution is -2.35. The molecule has 0 saturated carbocycles. The summed E-state index contributed by atoms with van der Waals surface area (Å²) in [5.41, 5.74) is 0.971. The molecular formula is C14H21NO2. The second kappa shape index (κ2) is 6.03. The minimum Gasteiger partial charge on any atom is -0.497 e. The molecule has 0 amide bonds. The van der Waals surface area contributed by atoms with Gasteiger partial charge in [0.15, 0.2) is 0 Å². The van der Waals surface area contributed by atoms with Gasteiger partial charge in [-0.15, -0.1) is 0 Å². The molecule has 17 heavy (non-hydrogen) atoms. The Kier molecular flexibility index (Phi) is 4.40. The average Bonchev–Trinajstić information content (AvgIpc) is 2.40. The van der Waals surface area contributed by atoms with Crippen molar-refractivity contribution < 1.29 is 9.84 Å². The standard InChI is InChI=1S/C14H21NO2/c1-17-13-7-5-11(6-8-13)14(16)10-12-4-2-3-9-15-12/h5-8,12,14-16H,2-4,9-10H2,1H3. The number of aliphatic hydroxyl groups is 1. The summed E-state index contributed by atoms with van der Waals surface area (Å²) in [7, 11) is 1.65. The maximum Gasteiger partial charge on any atom is 0.118 e. The fourth-order valence-electron chi connectivity index (χ4n) is 2.36. The van der Waals surface area contributed by atoms with Crippen LogP contribution in [0.1, 0.15) is 37.4 Å². The Labute approximate surface area is 103 Å². The Balaban J connectivity index is 1.91. The predicted molar refractivity (Wildman–Crippen MR) is 68.2 cm³/mol. The lowest BCUT2D eigenvalue weighted by atomic mass is 9.96. The van der Waals surface area contributed by atoms with Crippen molar-refractivity contribution in [1.82, 2.24) is 5.32 Å². The van der Waals surface area contributed by atoms with E-state index in [1.165, 1.54) is 19.3 Å². The first-order chi connectivity index (χ1) is 8.29. The van der Waals surface area contributed by atoms with Gasteiger partial charge in [0, 0.05) is 6.04 Å². The molecule has 0 bridgehead atoms. The van der Waals surface area contributed by atoms with Crippen LogP contribution in [0.4, 0.5) is 0 Å². The maximum absolute atomic E-state index is 10.2. The van der Waals surface area contributed by atoms with Crippen LogP contribution in [0.5, 0.6) is 5.75 Å². The molecule has 0 aliphatic carbocycles. The lowest BCUT2D eigenvalue weighted by molar-refractivity contribution is 0.144. The van der Waals surface area contributed by atoms with Gasteiger partial charge in [0.05, 0.1) is 13.2 Å². The average molecular weight is 235 g/mol. The van der Waals surface area contributed by atoms with Gasteiger partial charge in [-0.1, -0.05) is 18.6 Å². The summed E-state index contributed by atoms with van der Waals surface area (Å²) in [5, 5.41) is 13.6. The number of nitrogens with one attached hydrogen (secondary N) is 1. The van der Waals surface area contributed by atoms with Crippen molar-refractivity contribution in [2.75, 3.05) is 13.7 Å². The largest absolute Gasteiger partial charge is 0.497 e. The van der Waals surface area contributed by atoms with E-state index in [9.17, 15) is 5.11 Å². The molecule has 3 nitrogen and oxygen atoms in total. The lowest BCUT2D eigenvalue weighted by Gasteiger charge is -2.25. The smallest absolute Gasteiger partial charge is 0.118 e. The summed E-state index contributed by atoms with van der Waals surface area (Å²) in [6, 6.07) is 8.12. The van der Waals surface area contributed by atoms with E-state index < -0.39 is 0 Å². The second-order valence-electron chi connectivity index (χ2n) is 4.67. The zero-order valence-corrected chi connectivity index (χ0v) is 10.4. The fraction of sp³-hybridized carbons (Fsp3) is 0.571. The number of benzene rings is 1. The zero-order valence-electron chi connectivity index (χ0n) is 10.4. The minimum atomic E-state index is -0.378. The van der Waals surface area contributed by atoms with Gasteiger partial charge in [-0.3, -0.25) is 0 Å². The van der Waals surface area contributed by atoms with Crippen molar-refractivity contribution in [2.24, 2.45) is 0 Å². The Bertz CT molecular complexity index is 331. The van der Waals surface area contributed by atoms with Gasteiger partial charge < -0.3 is 15.2 Å². The number of hydrogen-bond acceptors (Lipinski definition) is 3. The van der Waals surface area contributed by atoms with Crippen LogP contribution in [-0.4, -0.2) is 24.8 Å². The second-order valence-corrected chi connectivity index (χ2v) is 4.67. The highest BCUT2D eigenvalue weighted by molar-refractivity contribution is 5.28. The summed E-state index contributed by atoms with van der Waals surface area (Å²) in [4.78, 5) is 0. The van der Waals surface area contributed by atoms with Crippen LogP contribution in [0.25, 0.3) is 0 Å². The Morgan fingerprint density at radius 1 is 1.35 bits per heavy atom. The molecule has 1 aromatic carbocycles. The van der Waals surface area contributed by atoms with E-state index in [-0.39, 0.29) is 6.10 Å². The van der Waals surface area contributed by atoms with Gasteiger partial charge in [-0.2, -0.15) is 0 Å². The SMILES string of the molecule is COc1ccc(C(O)CC2CCCCN2)cc1. The first-order valence-electron chi connectivity index (χ1n) is 6.35. The Morgan fingerprint density at radius 3 is 2.71 bits per heavy atom. The van der Waals surface area contributed by atoms with Crippen LogP contribution in [0.15, 0.2) is 24.3 Å². The first kappa shape index (κ1) is 12.4. The van der Waals surface area contributed by atoms with E-state index in [2.05, 4.69) is 5.32 Å². The van der Waals surface area contributed by atoms with E-state index in [1.807, 2.05) is 24.3 Å². The summed E-state index contributed by atoms with van der Waals surface area (Å²) >= 11 is 0. The molecule has 0 aromatic heterocycles.